The molecule has 0 fully saturated rings. The second kappa shape index (κ2) is 9.36. The molecular formula is C18H24BrN3O3. The van der Waals surface area contributed by atoms with Gasteiger partial charge >= 0.3 is 5.97 Å². The van der Waals surface area contributed by atoms with Crippen LogP contribution in [-0.2, 0) is 16.1 Å². The van der Waals surface area contributed by atoms with E-state index in [1.54, 1.807) is 32.9 Å². The molecular weight excluding hydrogens is 386 g/mol. The average Bonchev–Trinajstić information content (AvgIpc) is 2.51. The molecule has 1 heterocycles. The second-order valence-electron chi connectivity index (χ2n) is 6.27. The highest BCUT2D eigenvalue weighted by atomic mass is 79.9. The quantitative estimate of drug-likeness (QED) is 0.525. The number of anilines is 1. The van der Waals surface area contributed by atoms with Crippen molar-refractivity contribution in [3.63, 3.8) is 0 Å². The highest BCUT2D eigenvalue weighted by Gasteiger charge is 2.19. The third-order valence-corrected chi connectivity index (χ3v) is 3.65. The van der Waals surface area contributed by atoms with E-state index >= 15 is 0 Å². The van der Waals surface area contributed by atoms with Crippen molar-refractivity contribution in [1.82, 2.24) is 9.55 Å². The third kappa shape index (κ3) is 7.09. The van der Waals surface area contributed by atoms with Gasteiger partial charge in [-0.25, -0.2) is 4.98 Å². The largest absolute Gasteiger partial charge is 0.459 e. The van der Waals surface area contributed by atoms with Crippen LogP contribution in [0.15, 0.2) is 52.6 Å². The van der Waals surface area contributed by atoms with Gasteiger partial charge in [-0.1, -0.05) is 31.4 Å². The summed E-state index contributed by atoms with van der Waals surface area (Å²) in [7, 11) is 0. The van der Waals surface area contributed by atoms with Crippen molar-refractivity contribution in [2.75, 3.05) is 11.9 Å². The maximum absolute atomic E-state index is 12.5. The lowest BCUT2D eigenvalue weighted by Crippen LogP contribution is -2.32. The smallest absolute Gasteiger partial charge is 0.326 e. The molecule has 0 unspecified atom stereocenters. The van der Waals surface area contributed by atoms with Crippen molar-refractivity contribution in [1.29, 1.82) is 0 Å². The molecule has 7 heteroatoms. The Morgan fingerprint density at radius 3 is 2.68 bits per heavy atom. The van der Waals surface area contributed by atoms with Gasteiger partial charge in [0.25, 0.3) is 5.56 Å². The molecule has 0 spiro atoms. The van der Waals surface area contributed by atoms with Crippen molar-refractivity contribution in [3.05, 3.63) is 58.1 Å². The van der Waals surface area contributed by atoms with Crippen LogP contribution in [0.3, 0.4) is 0 Å². The fourth-order valence-electron chi connectivity index (χ4n) is 1.97. The van der Waals surface area contributed by atoms with Gasteiger partial charge in [0, 0.05) is 6.54 Å². The highest BCUT2D eigenvalue weighted by Crippen LogP contribution is 2.11. The minimum absolute atomic E-state index is 0.175. The molecule has 0 atom stereocenters. The van der Waals surface area contributed by atoms with Crippen LogP contribution in [0.25, 0.3) is 0 Å². The van der Waals surface area contributed by atoms with Gasteiger partial charge in [-0.3, -0.25) is 14.2 Å². The Labute approximate surface area is 156 Å². The zero-order chi connectivity index (χ0) is 19.0. The lowest BCUT2D eigenvalue weighted by atomic mass is 10.2. The lowest BCUT2D eigenvalue weighted by Gasteiger charge is -2.20. The molecule has 1 rings (SSSR count). The van der Waals surface area contributed by atoms with Crippen LogP contribution in [-0.4, -0.2) is 27.7 Å². The van der Waals surface area contributed by atoms with Crippen LogP contribution < -0.4 is 10.9 Å². The van der Waals surface area contributed by atoms with Gasteiger partial charge in [-0.05, 0) is 48.7 Å². The van der Waals surface area contributed by atoms with Gasteiger partial charge in [-0.15, -0.1) is 0 Å². The van der Waals surface area contributed by atoms with E-state index in [9.17, 15) is 9.59 Å². The summed E-state index contributed by atoms with van der Waals surface area (Å²) in [5.41, 5.74) is -0.0124. The first-order chi connectivity index (χ1) is 11.7. The maximum Gasteiger partial charge on any atom is 0.326 e. The predicted octanol–water partition coefficient (Wildman–Crippen LogP) is 3.45. The molecule has 1 aromatic rings. The van der Waals surface area contributed by atoms with Gasteiger partial charge in [-0.2, -0.15) is 0 Å². The summed E-state index contributed by atoms with van der Waals surface area (Å²) in [6.45, 7) is 13.0. The molecule has 136 valence electrons. The van der Waals surface area contributed by atoms with Crippen LogP contribution in [0, 0.1) is 0 Å². The Balaban J connectivity index is 2.86. The Morgan fingerprint density at radius 2 is 2.12 bits per heavy atom. The molecule has 0 aliphatic rings. The van der Waals surface area contributed by atoms with E-state index in [4.69, 9.17) is 4.74 Å². The minimum atomic E-state index is -0.611. The molecule has 1 aromatic heterocycles. The summed E-state index contributed by atoms with van der Waals surface area (Å²) < 4.78 is 6.94. The van der Waals surface area contributed by atoms with Gasteiger partial charge in [0.2, 0.25) is 0 Å². The number of allylic oxidation sites excluding steroid dienone is 3. The summed E-state index contributed by atoms with van der Waals surface area (Å²) >= 11 is 3.24. The van der Waals surface area contributed by atoms with E-state index in [2.05, 4.69) is 39.4 Å². The molecule has 0 aliphatic carbocycles. The number of aromatic nitrogens is 2. The van der Waals surface area contributed by atoms with Gasteiger partial charge in [0.05, 0.1) is 6.20 Å². The van der Waals surface area contributed by atoms with E-state index in [1.165, 1.54) is 10.8 Å². The monoisotopic (exact) mass is 409 g/mol. The summed E-state index contributed by atoms with van der Waals surface area (Å²) in [4.78, 5) is 28.6. The first kappa shape index (κ1) is 20.9. The van der Waals surface area contributed by atoms with Crippen LogP contribution >= 0.6 is 15.9 Å². The zero-order valence-corrected chi connectivity index (χ0v) is 16.4. The fraction of sp³-hybridized carbons (Fsp3) is 0.389. The minimum Gasteiger partial charge on any atom is -0.459 e. The van der Waals surface area contributed by atoms with Crippen molar-refractivity contribution in [3.8, 4) is 0 Å². The number of rotatable bonds is 8. The van der Waals surface area contributed by atoms with Crippen molar-refractivity contribution < 1.29 is 9.53 Å². The van der Waals surface area contributed by atoms with Gasteiger partial charge in [0.1, 0.15) is 16.7 Å². The van der Waals surface area contributed by atoms with E-state index < -0.39 is 17.1 Å². The summed E-state index contributed by atoms with van der Waals surface area (Å²) in [6, 6.07) is 0. The summed E-state index contributed by atoms with van der Waals surface area (Å²) in [5, 5.41) is 2.98. The highest BCUT2D eigenvalue weighted by molar-refractivity contribution is 9.10. The van der Waals surface area contributed by atoms with Crippen LogP contribution in [0.4, 0.5) is 5.82 Å². The standard InChI is InChI=1S/C18H24BrN3O3/c1-6-8-13(7-2)9-10-20-16-17(24)22(14(19)11-21-16)12-15(23)25-18(3,4)5/h6-8,11H,1-2,9-10,12H2,3-5H3,(H,20,21)/b13-8+. The molecule has 1 N–H and O–H groups in total. The van der Waals surface area contributed by atoms with E-state index in [-0.39, 0.29) is 12.4 Å². The lowest BCUT2D eigenvalue weighted by molar-refractivity contribution is -0.155. The Morgan fingerprint density at radius 1 is 1.44 bits per heavy atom. The molecule has 25 heavy (non-hydrogen) atoms. The van der Waals surface area contributed by atoms with E-state index in [1.807, 2.05) is 6.08 Å². The molecule has 0 saturated heterocycles. The SMILES string of the molecule is C=C/C=C(\C=C)CCNc1ncc(Br)n(CC(=O)OC(C)(C)C)c1=O. The summed E-state index contributed by atoms with van der Waals surface area (Å²) in [6.07, 6.45) is 7.41. The number of carbonyl (C=O) groups excluding carboxylic acids is 1. The normalized spacial score (nSPS) is 11.8. The molecule has 0 bridgehead atoms. The van der Waals surface area contributed by atoms with Crippen LogP contribution in [0.2, 0.25) is 0 Å². The van der Waals surface area contributed by atoms with Crippen molar-refractivity contribution in [2.24, 2.45) is 0 Å². The molecule has 0 saturated carbocycles. The number of ether oxygens (including phenoxy) is 1. The van der Waals surface area contributed by atoms with E-state index in [0.717, 1.165) is 5.57 Å². The number of esters is 1. The summed E-state index contributed by atoms with van der Waals surface area (Å²) in [5.74, 6) is -0.316. The first-order valence-electron chi connectivity index (χ1n) is 7.83. The number of nitrogens with zero attached hydrogens (tertiary/aromatic N) is 2. The van der Waals surface area contributed by atoms with Gasteiger partial charge < -0.3 is 10.1 Å². The Bertz CT molecular complexity index is 730. The molecule has 0 radical (unpaired) electrons. The van der Waals surface area contributed by atoms with E-state index in [0.29, 0.717) is 17.6 Å². The second-order valence-corrected chi connectivity index (χ2v) is 7.08. The Hall–Kier alpha value is -2.15. The number of halogens is 1. The average molecular weight is 410 g/mol. The number of hydrogen-bond acceptors (Lipinski definition) is 5. The van der Waals surface area contributed by atoms with Crippen LogP contribution in [0.1, 0.15) is 27.2 Å². The van der Waals surface area contributed by atoms with Crippen LogP contribution in [0.5, 0.6) is 0 Å². The first-order valence-corrected chi connectivity index (χ1v) is 8.62. The maximum atomic E-state index is 12.5. The topological polar surface area (TPSA) is 73.2 Å². The predicted molar refractivity (Wildman–Crippen MR) is 104 cm³/mol. The molecule has 0 aromatic carbocycles. The number of nitrogens with one attached hydrogen (secondary N) is 1. The number of carbonyl (C=O) groups is 1. The molecule has 6 nitrogen and oxygen atoms in total. The third-order valence-electron chi connectivity index (χ3n) is 3.01. The fourth-order valence-corrected chi connectivity index (χ4v) is 2.36. The zero-order valence-electron chi connectivity index (χ0n) is 14.8. The van der Waals surface area contributed by atoms with Crippen molar-refractivity contribution >= 4 is 27.7 Å². The van der Waals surface area contributed by atoms with Gasteiger partial charge in [0.15, 0.2) is 5.82 Å². The molecule has 0 amide bonds. The molecule has 0 aliphatic heterocycles. The number of hydrogen-bond donors (Lipinski definition) is 1. The van der Waals surface area contributed by atoms with Crippen molar-refractivity contribution in [2.45, 2.75) is 39.3 Å². The Kier molecular flexibility index (Phi) is 7.83.